The molecular formula is C39H25N3O. The van der Waals surface area contributed by atoms with Crippen LogP contribution in [0.3, 0.4) is 0 Å². The fourth-order valence-electron chi connectivity index (χ4n) is 5.68. The van der Waals surface area contributed by atoms with E-state index in [-0.39, 0.29) is 0 Å². The zero-order valence-corrected chi connectivity index (χ0v) is 23.2. The molecule has 6 aromatic carbocycles. The summed E-state index contributed by atoms with van der Waals surface area (Å²) in [5.41, 5.74) is 8.84. The summed E-state index contributed by atoms with van der Waals surface area (Å²) in [5, 5.41) is 2.02. The van der Waals surface area contributed by atoms with Crippen LogP contribution in [0.1, 0.15) is 0 Å². The predicted molar refractivity (Wildman–Crippen MR) is 174 cm³/mol. The highest BCUT2D eigenvalue weighted by atomic mass is 16.3. The van der Waals surface area contributed by atoms with E-state index in [4.69, 9.17) is 19.4 Å². The Hall–Kier alpha value is -5.87. The number of fused-ring (bicyclic) bond motifs is 3. The lowest BCUT2D eigenvalue weighted by Gasteiger charge is -2.13. The van der Waals surface area contributed by atoms with E-state index < -0.39 is 0 Å². The Labute approximate surface area is 249 Å². The Kier molecular flexibility index (Phi) is 6.08. The van der Waals surface area contributed by atoms with E-state index in [1.54, 1.807) is 0 Å². The molecule has 0 bridgehead atoms. The molecule has 0 fully saturated rings. The lowest BCUT2D eigenvalue weighted by molar-refractivity contribution is 0.669. The summed E-state index contributed by atoms with van der Waals surface area (Å²) < 4.78 is 6.32. The molecule has 0 atom stereocenters. The van der Waals surface area contributed by atoms with E-state index in [0.29, 0.717) is 17.5 Å². The third-order valence-electron chi connectivity index (χ3n) is 7.77. The average molecular weight is 552 g/mol. The van der Waals surface area contributed by atoms with Crippen molar-refractivity contribution in [1.82, 2.24) is 15.0 Å². The minimum Gasteiger partial charge on any atom is -0.456 e. The standard InChI is InChI=1S/C39H25N3O/c1-4-12-26(13-5-1)27-20-22-30(23-21-27)38-40-37(29-16-8-3-9-17-29)41-39(42-38)36-31(28-14-6-2-7-15-28)24-25-34-35(36)32-18-10-11-19-33(32)43-34/h1-25H. The molecule has 0 spiro atoms. The average Bonchev–Trinajstić information content (AvgIpc) is 3.48. The summed E-state index contributed by atoms with van der Waals surface area (Å²) in [6.07, 6.45) is 0. The van der Waals surface area contributed by atoms with Gasteiger partial charge in [0.05, 0.1) is 0 Å². The first kappa shape index (κ1) is 24.9. The van der Waals surface area contributed by atoms with Gasteiger partial charge in [0.15, 0.2) is 17.5 Å². The van der Waals surface area contributed by atoms with E-state index in [0.717, 1.165) is 55.3 Å². The van der Waals surface area contributed by atoms with Crippen LogP contribution >= 0.6 is 0 Å². The SMILES string of the molecule is c1ccc(-c2ccc(-c3nc(-c4ccccc4)nc(-c4c(-c5ccccc5)ccc5oc6ccccc6c45)n3)cc2)cc1. The highest BCUT2D eigenvalue weighted by molar-refractivity contribution is 6.15. The van der Waals surface area contributed by atoms with Crippen molar-refractivity contribution in [3.63, 3.8) is 0 Å². The Balaban J connectivity index is 1.40. The topological polar surface area (TPSA) is 51.8 Å². The number of hydrogen-bond donors (Lipinski definition) is 0. The van der Waals surface area contributed by atoms with E-state index in [9.17, 15) is 0 Å². The Bertz CT molecular complexity index is 2210. The van der Waals surface area contributed by atoms with Crippen LogP contribution in [-0.2, 0) is 0 Å². The first-order chi connectivity index (χ1) is 21.3. The fourth-order valence-corrected chi connectivity index (χ4v) is 5.68. The second kappa shape index (κ2) is 10.5. The zero-order chi connectivity index (χ0) is 28.6. The Morgan fingerprint density at radius 1 is 0.349 bits per heavy atom. The molecule has 43 heavy (non-hydrogen) atoms. The van der Waals surface area contributed by atoms with Crippen LogP contribution in [-0.4, -0.2) is 15.0 Å². The van der Waals surface area contributed by atoms with Gasteiger partial charge in [0.1, 0.15) is 11.2 Å². The first-order valence-electron chi connectivity index (χ1n) is 14.3. The second-order valence-corrected chi connectivity index (χ2v) is 10.4. The molecule has 2 heterocycles. The molecule has 0 N–H and O–H groups in total. The van der Waals surface area contributed by atoms with Crippen LogP contribution in [0.25, 0.3) is 78.4 Å². The number of para-hydroxylation sites is 1. The molecule has 4 heteroatoms. The molecule has 0 amide bonds. The summed E-state index contributed by atoms with van der Waals surface area (Å²) in [6, 6.07) is 51.5. The van der Waals surface area contributed by atoms with Gasteiger partial charge in [-0.05, 0) is 40.5 Å². The third kappa shape index (κ3) is 4.55. The molecule has 0 aliphatic rings. The zero-order valence-electron chi connectivity index (χ0n) is 23.2. The molecule has 0 saturated carbocycles. The molecule has 0 radical (unpaired) electrons. The maximum absolute atomic E-state index is 6.32. The van der Waals surface area contributed by atoms with Gasteiger partial charge < -0.3 is 4.42 Å². The van der Waals surface area contributed by atoms with Gasteiger partial charge in [0.2, 0.25) is 0 Å². The van der Waals surface area contributed by atoms with E-state index >= 15 is 0 Å². The predicted octanol–water partition coefficient (Wildman–Crippen LogP) is 10.1. The van der Waals surface area contributed by atoms with Crippen molar-refractivity contribution in [2.45, 2.75) is 0 Å². The molecule has 0 aliphatic heterocycles. The number of furan rings is 1. The molecule has 0 saturated heterocycles. The lowest BCUT2D eigenvalue weighted by Crippen LogP contribution is -2.01. The van der Waals surface area contributed by atoms with Crippen LogP contribution in [0, 0.1) is 0 Å². The third-order valence-corrected chi connectivity index (χ3v) is 7.77. The van der Waals surface area contributed by atoms with E-state index in [1.165, 1.54) is 5.56 Å². The van der Waals surface area contributed by atoms with Crippen LogP contribution < -0.4 is 0 Å². The van der Waals surface area contributed by atoms with Gasteiger partial charge in [-0.15, -0.1) is 0 Å². The highest BCUT2D eigenvalue weighted by Gasteiger charge is 2.21. The molecular weight excluding hydrogens is 526 g/mol. The summed E-state index contributed by atoms with van der Waals surface area (Å²) in [6.45, 7) is 0. The number of benzene rings is 6. The summed E-state index contributed by atoms with van der Waals surface area (Å²) in [5.74, 6) is 1.84. The van der Waals surface area contributed by atoms with Crippen LogP contribution in [0.5, 0.6) is 0 Å². The molecule has 8 rings (SSSR count). The number of nitrogens with zero attached hydrogens (tertiary/aromatic N) is 3. The van der Waals surface area contributed by atoms with Gasteiger partial charge >= 0.3 is 0 Å². The van der Waals surface area contributed by atoms with Gasteiger partial charge in [0, 0.05) is 27.5 Å². The van der Waals surface area contributed by atoms with Crippen molar-refractivity contribution in [1.29, 1.82) is 0 Å². The summed E-state index contributed by atoms with van der Waals surface area (Å²) in [4.78, 5) is 15.3. The van der Waals surface area contributed by atoms with Crippen molar-refractivity contribution in [2.24, 2.45) is 0 Å². The van der Waals surface area contributed by atoms with Crippen LogP contribution in [0.15, 0.2) is 156 Å². The minimum absolute atomic E-state index is 0.604. The van der Waals surface area contributed by atoms with Gasteiger partial charge in [-0.25, -0.2) is 15.0 Å². The molecule has 4 nitrogen and oxygen atoms in total. The fraction of sp³-hybridized carbons (Fsp3) is 0. The van der Waals surface area contributed by atoms with Crippen molar-refractivity contribution in [3.8, 4) is 56.4 Å². The molecule has 8 aromatic rings. The Morgan fingerprint density at radius 3 is 1.51 bits per heavy atom. The molecule has 202 valence electrons. The van der Waals surface area contributed by atoms with Crippen molar-refractivity contribution >= 4 is 21.9 Å². The second-order valence-electron chi connectivity index (χ2n) is 10.4. The maximum Gasteiger partial charge on any atom is 0.165 e. The number of rotatable bonds is 5. The van der Waals surface area contributed by atoms with Gasteiger partial charge in [-0.2, -0.15) is 0 Å². The van der Waals surface area contributed by atoms with E-state index in [2.05, 4.69) is 84.9 Å². The molecule has 0 aliphatic carbocycles. The smallest absolute Gasteiger partial charge is 0.165 e. The van der Waals surface area contributed by atoms with Gasteiger partial charge in [0.25, 0.3) is 0 Å². The van der Waals surface area contributed by atoms with Gasteiger partial charge in [-0.1, -0.05) is 133 Å². The van der Waals surface area contributed by atoms with Crippen LogP contribution in [0.4, 0.5) is 0 Å². The quantitative estimate of drug-likeness (QED) is 0.214. The first-order valence-corrected chi connectivity index (χ1v) is 14.3. The normalized spacial score (nSPS) is 11.3. The largest absolute Gasteiger partial charge is 0.456 e. The maximum atomic E-state index is 6.32. The summed E-state index contributed by atoms with van der Waals surface area (Å²) >= 11 is 0. The number of hydrogen-bond acceptors (Lipinski definition) is 4. The van der Waals surface area contributed by atoms with Gasteiger partial charge in [-0.3, -0.25) is 0 Å². The summed E-state index contributed by atoms with van der Waals surface area (Å²) in [7, 11) is 0. The van der Waals surface area contributed by atoms with Crippen molar-refractivity contribution in [3.05, 3.63) is 152 Å². The number of aromatic nitrogens is 3. The molecule has 0 unspecified atom stereocenters. The van der Waals surface area contributed by atoms with Crippen molar-refractivity contribution < 1.29 is 4.42 Å². The van der Waals surface area contributed by atoms with Crippen molar-refractivity contribution in [2.75, 3.05) is 0 Å². The highest BCUT2D eigenvalue weighted by Crippen LogP contribution is 2.42. The van der Waals surface area contributed by atoms with Crippen LogP contribution in [0.2, 0.25) is 0 Å². The minimum atomic E-state index is 0.604. The monoisotopic (exact) mass is 551 g/mol. The molecule has 2 aromatic heterocycles. The van der Waals surface area contributed by atoms with E-state index in [1.807, 2.05) is 66.7 Å². The lowest BCUT2D eigenvalue weighted by atomic mass is 9.94. The Morgan fingerprint density at radius 2 is 0.837 bits per heavy atom.